The van der Waals surface area contributed by atoms with Gasteiger partial charge in [0.1, 0.15) is 0 Å². The first-order valence-electron chi connectivity index (χ1n) is 9.46. The van der Waals surface area contributed by atoms with E-state index in [0.717, 1.165) is 18.5 Å². The molecule has 5 heteroatoms. The van der Waals surface area contributed by atoms with Crippen LogP contribution in [-0.4, -0.2) is 61.6 Å². The lowest BCUT2D eigenvalue weighted by Gasteiger charge is -2.31. The molecule has 2 saturated heterocycles. The quantitative estimate of drug-likeness (QED) is 0.419. The van der Waals surface area contributed by atoms with Crippen LogP contribution in [0.25, 0.3) is 0 Å². The first kappa shape index (κ1) is 19.3. The van der Waals surface area contributed by atoms with E-state index in [-0.39, 0.29) is 24.0 Å². The number of hydrogen-bond donors (Lipinski definition) is 1. The molecule has 1 saturated carbocycles. The van der Waals surface area contributed by atoms with Crippen LogP contribution in [-0.2, 0) is 0 Å². The summed E-state index contributed by atoms with van der Waals surface area (Å²) in [5.41, 5.74) is 0.532. The molecular formula is C18H35IN4. The van der Waals surface area contributed by atoms with Crippen LogP contribution >= 0.6 is 24.0 Å². The average Bonchev–Trinajstić information content (AvgIpc) is 3.29. The van der Waals surface area contributed by atoms with Crippen molar-refractivity contribution < 1.29 is 0 Å². The van der Waals surface area contributed by atoms with Crippen LogP contribution in [0.3, 0.4) is 0 Å². The second-order valence-electron chi connectivity index (χ2n) is 7.59. The number of hydrogen-bond acceptors (Lipinski definition) is 2. The van der Waals surface area contributed by atoms with Crippen LogP contribution in [0.4, 0.5) is 0 Å². The first-order chi connectivity index (χ1) is 10.8. The number of likely N-dealkylation sites (tertiary alicyclic amines) is 2. The molecule has 0 aromatic carbocycles. The Labute approximate surface area is 159 Å². The molecule has 0 aromatic heterocycles. The van der Waals surface area contributed by atoms with Crippen LogP contribution in [0.2, 0.25) is 0 Å². The maximum atomic E-state index is 4.57. The lowest BCUT2D eigenvalue weighted by Crippen LogP contribution is -2.45. The molecule has 1 aliphatic carbocycles. The smallest absolute Gasteiger partial charge is 0.193 e. The summed E-state index contributed by atoms with van der Waals surface area (Å²) in [5, 5.41) is 3.71. The van der Waals surface area contributed by atoms with Gasteiger partial charge in [-0.25, -0.2) is 0 Å². The third-order valence-corrected chi connectivity index (χ3v) is 6.37. The van der Waals surface area contributed by atoms with Crippen molar-refractivity contribution in [2.45, 2.75) is 64.3 Å². The van der Waals surface area contributed by atoms with Gasteiger partial charge in [0.05, 0.1) is 0 Å². The molecule has 0 aromatic rings. The standard InChI is InChI=1S/C18H34N4.HI/c1-3-18(9-4-5-10-18)15-20-17(19-2)22-13-8-16(14-22)21-11-6-7-12-21;/h16H,3-15H2,1-2H3,(H,19,20);1H. The summed E-state index contributed by atoms with van der Waals surface area (Å²) in [6, 6.07) is 0.757. The maximum Gasteiger partial charge on any atom is 0.193 e. The maximum absolute atomic E-state index is 4.57. The highest BCUT2D eigenvalue weighted by Gasteiger charge is 2.34. The first-order valence-corrected chi connectivity index (χ1v) is 9.46. The second kappa shape index (κ2) is 8.88. The number of rotatable bonds is 4. The lowest BCUT2D eigenvalue weighted by atomic mass is 9.83. The van der Waals surface area contributed by atoms with E-state index in [1.54, 1.807) is 0 Å². The van der Waals surface area contributed by atoms with Crippen LogP contribution in [0.15, 0.2) is 4.99 Å². The summed E-state index contributed by atoms with van der Waals surface area (Å²) in [6.45, 7) is 8.42. The largest absolute Gasteiger partial charge is 0.356 e. The third kappa shape index (κ3) is 4.53. The van der Waals surface area contributed by atoms with Gasteiger partial charge in [-0.15, -0.1) is 24.0 Å². The van der Waals surface area contributed by atoms with Gasteiger partial charge in [0, 0.05) is 32.7 Å². The van der Waals surface area contributed by atoms with Crippen molar-refractivity contribution in [2.24, 2.45) is 10.4 Å². The van der Waals surface area contributed by atoms with E-state index >= 15 is 0 Å². The number of nitrogens with zero attached hydrogens (tertiary/aromatic N) is 3. The molecule has 3 aliphatic rings. The van der Waals surface area contributed by atoms with E-state index in [1.165, 1.54) is 77.5 Å². The molecule has 134 valence electrons. The van der Waals surface area contributed by atoms with Crippen LogP contribution < -0.4 is 5.32 Å². The van der Waals surface area contributed by atoms with Crippen molar-refractivity contribution in [3.63, 3.8) is 0 Å². The van der Waals surface area contributed by atoms with Crippen molar-refractivity contribution in [1.29, 1.82) is 0 Å². The average molecular weight is 434 g/mol. The fourth-order valence-electron chi connectivity index (χ4n) is 4.72. The lowest BCUT2D eigenvalue weighted by molar-refractivity contribution is 0.247. The van der Waals surface area contributed by atoms with Crippen LogP contribution in [0, 0.1) is 5.41 Å². The van der Waals surface area contributed by atoms with E-state index in [4.69, 9.17) is 0 Å². The summed E-state index contributed by atoms with van der Waals surface area (Å²) < 4.78 is 0. The Bertz CT molecular complexity index is 386. The van der Waals surface area contributed by atoms with Crippen molar-refractivity contribution in [3.8, 4) is 0 Å². The molecule has 1 atom stereocenters. The van der Waals surface area contributed by atoms with Crippen LogP contribution in [0.5, 0.6) is 0 Å². The van der Waals surface area contributed by atoms with E-state index in [1.807, 2.05) is 7.05 Å². The molecule has 3 fully saturated rings. The van der Waals surface area contributed by atoms with E-state index in [0.29, 0.717) is 5.41 Å². The fraction of sp³-hybridized carbons (Fsp3) is 0.944. The van der Waals surface area contributed by atoms with Gasteiger partial charge in [0.25, 0.3) is 0 Å². The zero-order valence-electron chi connectivity index (χ0n) is 15.0. The predicted octanol–water partition coefficient (Wildman–Crippen LogP) is 3.32. The molecule has 0 amide bonds. The van der Waals surface area contributed by atoms with Crippen molar-refractivity contribution >= 4 is 29.9 Å². The van der Waals surface area contributed by atoms with Gasteiger partial charge in [-0.2, -0.15) is 0 Å². The van der Waals surface area contributed by atoms with Gasteiger partial charge in [0.2, 0.25) is 0 Å². The zero-order valence-corrected chi connectivity index (χ0v) is 17.3. The van der Waals surface area contributed by atoms with Gasteiger partial charge in [0.15, 0.2) is 5.96 Å². The molecule has 23 heavy (non-hydrogen) atoms. The topological polar surface area (TPSA) is 30.9 Å². The number of halogens is 1. The molecule has 1 N–H and O–H groups in total. The van der Waals surface area contributed by atoms with Crippen molar-refractivity contribution in [1.82, 2.24) is 15.1 Å². The van der Waals surface area contributed by atoms with Gasteiger partial charge in [-0.05, 0) is 57.0 Å². The van der Waals surface area contributed by atoms with E-state index in [9.17, 15) is 0 Å². The zero-order chi connectivity index (χ0) is 15.4. The van der Waals surface area contributed by atoms with Gasteiger partial charge < -0.3 is 10.2 Å². The molecular weight excluding hydrogens is 399 g/mol. The van der Waals surface area contributed by atoms with Crippen molar-refractivity contribution in [2.75, 3.05) is 39.8 Å². The van der Waals surface area contributed by atoms with E-state index in [2.05, 4.69) is 27.0 Å². The Kier molecular flexibility index (Phi) is 7.45. The summed E-state index contributed by atoms with van der Waals surface area (Å²) in [4.78, 5) is 9.75. The Morgan fingerprint density at radius 1 is 1.13 bits per heavy atom. The fourth-order valence-corrected chi connectivity index (χ4v) is 4.72. The molecule has 4 nitrogen and oxygen atoms in total. The summed E-state index contributed by atoms with van der Waals surface area (Å²) in [6.07, 6.45) is 11.0. The minimum absolute atomic E-state index is 0. The third-order valence-electron chi connectivity index (χ3n) is 6.37. The summed E-state index contributed by atoms with van der Waals surface area (Å²) in [5.74, 6) is 1.14. The van der Waals surface area contributed by atoms with Crippen LogP contribution in [0.1, 0.15) is 58.3 Å². The normalized spacial score (nSPS) is 28.2. The summed E-state index contributed by atoms with van der Waals surface area (Å²) >= 11 is 0. The minimum Gasteiger partial charge on any atom is -0.356 e. The number of guanidine groups is 1. The number of aliphatic imine (C=N–C) groups is 1. The molecule has 2 aliphatic heterocycles. The second-order valence-corrected chi connectivity index (χ2v) is 7.59. The van der Waals surface area contributed by atoms with Crippen molar-refractivity contribution in [3.05, 3.63) is 0 Å². The molecule has 2 heterocycles. The Morgan fingerprint density at radius 2 is 1.83 bits per heavy atom. The van der Waals surface area contributed by atoms with Gasteiger partial charge >= 0.3 is 0 Å². The molecule has 0 radical (unpaired) electrons. The van der Waals surface area contributed by atoms with Gasteiger partial charge in [-0.3, -0.25) is 9.89 Å². The molecule has 1 unspecified atom stereocenters. The predicted molar refractivity (Wildman–Crippen MR) is 109 cm³/mol. The molecule has 0 bridgehead atoms. The molecule has 0 spiro atoms. The highest BCUT2D eigenvalue weighted by Crippen LogP contribution is 2.40. The Hall–Kier alpha value is -0.0400. The minimum atomic E-state index is 0. The number of nitrogens with one attached hydrogen (secondary N) is 1. The summed E-state index contributed by atoms with van der Waals surface area (Å²) in [7, 11) is 1.94. The van der Waals surface area contributed by atoms with E-state index < -0.39 is 0 Å². The highest BCUT2D eigenvalue weighted by atomic mass is 127. The van der Waals surface area contributed by atoms with Gasteiger partial charge in [-0.1, -0.05) is 19.8 Å². The monoisotopic (exact) mass is 434 g/mol. The Morgan fingerprint density at radius 3 is 2.43 bits per heavy atom. The molecule has 3 rings (SSSR count). The SMILES string of the molecule is CCC1(CNC(=NC)N2CCC(N3CCCC3)C2)CCCC1.I. The highest BCUT2D eigenvalue weighted by molar-refractivity contribution is 14.0. The Balaban J connectivity index is 0.00000192.